The maximum atomic E-state index is 10.5. The van der Waals surface area contributed by atoms with Gasteiger partial charge in [0, 0.05) is 12.6 Å². The first-order chi connectivity index (χ1) is 6.99. The molecule has 0 aromatic heterocycles. The standard InChI is InChI=1S/C10H15NO3S/c1-9(10-5-3-2-4-6-10)11-7-8-15(12,13)14/h2-6,9,11H,7-8H2,1H3,(H,12,13,14)/t9-/m1/s1. The fraction of sp³-hybridized carbons (Fsp3) is 0.400. The normalized spacial score (nSPS) is 13.7. The van der Waals surface area contributed by atoms with Crippen LogP contribution in [0.5, 0.6) is 0 Å². The molecule has 0 unspecified atom stereocenters. The molecule has 0 amide bonds. The van der Waals surface area contributed by atoms with Gasteiger partial charge in [-0.15, -0.1) is 0 Å². The molecule has 5 heteroatoms. The zero-order chi connectivity index (χ0) is 11.3. The Bertz CT molecular complexity index is 388. The lowest BCUT2D eigenvalue weighted by molar-refractivity contribution is 0.477. The fourth-order valence-electron chi connectivity index (χ4n) is 1.26. The molecular formula is C10H15NO3S. The van der Waals surface area contributed by atoms with E-state index in [4.69, 9.17) is 4.55 Å². The van der Waals surface area contributed by atoms with E-state index in [0.29, 0.717) is 0 Å². The maximum Gasteiger partial charge on any atom is 0.266 e. The Morgan fingerprint density at radius 3 is 2.47 bits per heavy atom. The fourth-order valence-corrected chi connectivity index (χ4v) is 1.64. The summed E-state index contributed by atoms with van der Waals surface area (Å²) in [6.07, 6.45) is 0. The van der Waals surface area contributed by atoms with Gasteiger partial charge in [-0.25, -0.2) is 0 Å². The summed E-state index contributed by atoms with van der Waals surface area (Å²) in [5.74, 6) is -0.260. The van der Waals surface area contributed by atoms with Crippen molar-refractivity contribution in [3.8, 4) is 0 Å². The molecule has 0 saturated carbocycles. The number of hydrogen-bond acceptors (Lipinski definition) is 3. The number of benzene rings is 1. The second-order valence-electron chi connectivity index (χ2n) is 3.37. The van der Waals surface area contributed by atoms with Gasteiger partial charge in [0.25, 0.3) is 10.1 Å². The molecule has 0 radical (unpaired) electrons. The van der Waals surface area contributed by atoms with Crippen LogP contribution in [0.25, 0.3) is 0 Å². The first-order valence-electron chi connectivity index (χ1n) is 4.72. The first-order valence-corrected chi connectivity index (χ1v) is 6.33. The summed E-state index contributed by atoms with van der Waals surface area (Å²) in [7, 11) is -3.86. The Labute approximate surface area is 90.1 Å². The first kappa shape index (κ1) is 12.2. The second-order valence-corrected chi connectivity index (χ2v) is 4.94. The van der Waals surface area contributed by atoms with Crippen molar-refractivity contribution in [1.82, 2.24) is 5.32 Å². The molecule has 0 aliphatic carbocycles. The van der Waals surface area contributed by atoms with Crippen molar-refractivity contribution in [2.75, 3.05) is 12.3 Å². The van der Waals surface area contributed by atoms with Crippen LogP contribution in [0.4, 0.5) is 0 Å². The van der Waals surface area contributed by atoms with E-state index in [2.05, 4.69) is 5.32 Å². The summed E-state index contributed by atoms with van der Waals surface area (Å²) in [4.78, 5) is 0. The van der Waals surface area contributed by atoms with E-state index in [1.165, 1.54) is 0 Å². The van der Waals surface area contributed by atoms with Gasteiger partial charge in [-0.05, 0) is 12.5 Å². The van der Waals surface area contributed by atoms with Gasteiger partial charge in [-0.2, -0.15) is 8.42 Å². The quantitative estimate of drug-likeness (QED) is 0.745. The van der Waals surface area contributed by atoms with E-state index in [1.807, 2.05) is 37.3 Å². The van der Waals surface area contributed by atoms with Gasteiger partial charge in [0.05, 0.1) is 5.75 Å². The highest BCUT2D eigenvalue weighted by Crippen LogP contribution is 2.10. The van der Waals surface area contributed by atoms with Gasteiger partial charge in [-0.1, -0.05) is 30.3 Å². The molecule has 0 fully saturated rings. The molecule has 84 valence electrons. The van der Waals surface area contributed by atoms with Crippen molar-refractivity contribution >= 4 is 10.1 Å². The Morgan fingerprint density at radius 1 is 1.33 bits per heavy atom. The molecule has 2 N–H and O–H groups in total. The lowest BCUT2D eigenvalue weighted by Gasteiger charge is -2.13. The van der Waals surface area contributed by atoms with Gasteiger partial charge in [0.2, 0.25) is 0 Å². The third-order valence-electron chi connectivity index (χ3n) is 2.11. The van der Waals surface area contributed by atoms with Crippen molar-refractivity contribution in [1.29, 1.82) is 0 Å². The van der Waals surface area contributed by atoms with Crippen molar-refractivity contribution in [3.05, 3.63) is 35.9 Å². The van der Waals surface area contributed by atoms with E-state index >= 15 is 0 Å². The van der Waals surface area contributed by atoms with E-state index in [1.54, 1.807) is 0 Å². The lowest BCUT2D eigenvalue weighted by Crippen LogP contribution is -2.25. The van der Waals surface area contributed by atoms with Crippen LogP contribution in [0, 0.1) is 0 Å². The average Bonchev–Trinajstić information content (AvgIpc) is 2.17. The van der Waals surface area contributed by atoms with Crippen LogP contribution < -0.4 is 5.32 Å². The molecule has 0 bridgehead atoms. The minimum absolute atomic E-state index is 0.0768. The SMILES string of the molecule is C[C@@H](NCCS(=O)(=O)O)c1ccccc1. The summed E-state index contributed by atoms with van der Waals surface area (Å²) >= 11 is 0. The molecule has 1 aromatic carbocycles. The molecule has 15 heavy (non-hydrogen) atoms. The van der Waals surface area contributed by atoms with Crippen LogP contribution in [-0.4, -0.2) is 25.3 Å². The smallest absolute Gasteiger partial charge is 0.266 e. The number of rotatable bonds is 5. The number of hydrogen-bond donors (Lipinski definition) is 2. The maximum absolute atomic E-state index is 10.5. The topological polar surface area (TPSA) is 66.4 Å². The largest absolute Gasteiger partial charge is 0.309 e. The molecule has 1 rings (SSSR count). The number of nitrogens with one attached hydrogen (secondary N) is 1. The van der Waals surface area contributed by atoms with Gasteiger partial charge < -0.3 is 5.32 Å². The lowest BCUT2D eigenvalue weighted by atomic mass is 10.1. The Morgan fingerprint density at radius 2 is 1.93 bits per heavy atom. The summed E-state index contributed by atoms with van der Waals surface area (Å²) < 4.78 is 29.5. The van der Waals surface area contributed by atoms with Gasteiger partial charge >= 0.3 is 0 Å². The van der Waals surface area contributed by atoms with Crippen LogP contribution in [-0.2, 0) is 10.1 Å². The van der Waals surface area contributed by atoms with Crippen LogP contribution >= 0.6 is 0 Å². The van der Waals surface area contributed by atoms with E-state index in [0.717, 1.165) is 5.56 Å². The van der Waals surface area contributed by atoms with Crippen molar-refractivity contribution in [2.45, 2.75) is 13.0 Å². The molecule has 1 aromatic rings. The molecule has 0 aliphatic rings. The molecule has 0 saturated heterocycles. The predicted octanol–water partition coefficient (Wildman–Crippen LogP) is 1.23. The highest BCUT2D eigenvalue weighted by molar-refractivity contribution is 7.85. The Kier molecular flexibility index (Phi) is 4.26. The van der Waals surface area contributed by atoms with Crippen LogP contribution in [0.1, 0.15) is 18.5 Å². The predicted molar refractivity (Wildman–Crippen MR) is 59.3 cm³/mol. The van der Waals surface area contributed by atoms with Gasteiger partial charge in [0.1, 0.15) is 0 Å². The molecule has 4 nitrogen and oxygen atoms in total. The zero-order valence-electron chi connectivity index (χ0n) is 8.55. The molecule has 0 aliphatic heterocycles. The third-order valence-corrected chi connectivity index (χ3v) is 2.83. The monoisotopic (exact) mass is 229 g/mol. The second kappa shape index (κ2) is 5.25. The summed E-state index contributed by atoms with van der Waals surface area (Å²) in [5.41, 5.74) is 1.09. The van der Waals surface area contributed by atoms with Crippen LogP contribution in [0.2, 0.25) is 0 Å². The summed E-state index contributed by atoms with van der Waals surface area (Å²) in [6, 6.07) is 9.78. The molecule has 0 heterocycles. The summed E-state index contributed by atoms with van der Waals surface area (Å²) in [5, 5.41) is 3.02. The molecule has 1 atom stereocenters. The van der Waals surface area contributed by atoms with Gasteiger partial charge in [-0.3, -0.25) is 4.55 Å². The van der Waals surface area contributed by atoms with E-state index < -0.39 is 10.1 Å². The minimum Gasteiger partial charge on any atom is -0.309 e. The Hall–Kier alpha value is -0.910. The van der Waals surface area contributed by atoms with E-state index in [-0.39, 0.29) is 18.3 Å². The Balaban J connectivity index is 2.41. The molecular weight excluding hydrogens is 214 g/mol. The van der Waals surface area contributed by atoms with E-state index in [9.17, 15) is 8.42 Å². The van der Waals surface area contributed by atoms with Crippen molar-refractivity contribution in [2.24, 2.45) is 0 Å². The zero-order valence-corrected chi connectivity index (χ0v) is 9.37. The average molecular weight is 229 g/mol. The van der Waals surface area contributed by atoms with Crippen molar-refractivity contribution < 1.29 is 13.0 Å². The highest BCUT2D eigenvalue weighted by Gasteiger charge is 2.07. The van der Waals surface area contributed by atoms with Crippen molar-refractivity contribution in [3.63, 3.8) is 0 Å². The third kappa shape index (κ3) is 4.92. The highest BCUT2D eigenvalue weighted by atomic mass is 32.2. The van der Waals surface area contributed by atoms with Crippen LogP contribution in [0.15, 0.2) is 30.3 Å². The minimum atomic E-state index is -3.86. The summed E-state index contributed by atoms with van der Waals surface area (Å²) in [6.45, 7) is 2.19. The molecule has 0 spiro atoms. The van der Waals surface area contributed by atoms with Crippen LogP contribution in [0.3, 0.4) is 0 Å². The van der Waals surface area contributed by atoms with Gasteiger partial charge in [0.15, 0.2) is 0 Å².